The highest BCUT2D eigenvalue weighted by Crippen LogP contribution is 2.26. The summed E-state index contributed by atoms with van der Waals surface area (Å²) in [6.45, 7) is 5.96. The first-order valence-electron chi connectivity index (χ1n) is 11.0. The summed E-state index contributed by atoms with van der Waals surface area (Å²) in [4.78, 5) is 14.0. The first kappa shape index (κ1) is 26.1. The van der Waals surface area contributed by atoms with Gasteiger partial charge in [0.25, 0.3) is 10.0 Å². The number of carbonyl (C=O) groups excluding carboxylic acids is 1. The second-order valence-electron chi connectivity index (χ2n) is 8.10. The molecule has 1 amide bonds. The molecule has 8 heteroatoms. The van der Waals surface area contributed by atoms with Crippen LogP contribution in [0.5, 0.6) is 0 Å². The average molecular weight is 517 g/mol. The van der Waals surface area contributed by atoms with Gasteiger partial charge in [-0.15, -0.1) is 11.8 Å². The molecule has 0 saturated carbocycles. The molecule has 0 aliphatic rings. The van der Waals surface area contributed by atoms with Gasteiger partial charge in [0, 0.05) is 16.5 Å². The molecule has 0 bridgehead atoms. The van der Waals surface area contributed by atoms with Crippen molar-refractivity contribution in [1.29, 1.82) is 0 Å². The summed E-state index contributed by atoms with van der Waals surface area (Å²) in [6.07, 6.45) is 0.757. The Hall–Kier alpha value is -2.48. The van der Waals surface area contributed by atoms with Gasteiger partial charge in [-0.05, 0) is 92.6 Å². The Balaban J connectivity index is 1.67. The number of anilines is 1. The van der Waals surface area contributed by atoms with Gasteiger partial charge in [0.1, 0.15) is 6.54 Å². The lowest BCUT2D eigenvalue weighted by Gasteiger charge is -2.25. The molecule has 0 atom stereocenters. The van der Waals surface area contributed by atoms with Gasteiger partial charge in [-0.1, -0.05) is 35.4 Å². The van der Waals surface area contributed by atoms with Crippen molar-refractivity contribution in [2.24, 2.45) is 0 Å². The normalized spacial score (nSPS) is 11.3. The number of sulfonamides is 1. The number of hydrogen-bond acceptors (Lipinski definition) is 4. The number of nitrogens with zero attached hydrogens (tertiary/aromatic N) is 1. The van der Waals surface area contributed by atoms with Gasteiger partial charge in [-0.3, -0.25) is 9.10 Å². The third-order valence-electron chi connectivity index (χ3n) is 5.40. The molecule has 180 valence electrons. The lowest BCUT2D eigenvalue weighted by atomic mass is 10.1. The molecule has 0 fully saturated rings. The third kappa shape index (κ3) is 7.01. The molecule has 0 aliphatic heterocycles. The molecule has 3 rings (SSSR count). The van der Waals surface area contributed by atoms with E-state index in [1.54, 1.807) is 48.2 Å². The third-order valence-corrected chi connectivity index (χ3v) is 8.54. The van der Waals surface area contributed by atoms with E-state index in [4.69, 9.17) is 11.6 Å². The number of amides is 1. The SMILES string of the molecule is Cc1ccc(S(=O)(=O)N(CC(=O)NCCCSc2ccc(Cl)cc2)c2ccc(C)c(C)c2)cc1. The summed E-state index contributed by atoms with van der Waals surface area (Å²) in [7, 11) is -3.91. The van der Waals surface area contributed by atoms with E-state index in [9.17, 15) is 13.2 Å². The quantitative estimate of drug-likeness (QED) is 0.275. The lowest BCUT2D eigenvalue weighted by Crippen LogP contribution is -2.41. The highest BCUT2D eigenvalue weighted by Gasteiger charge is 2.27. The summed E-state index contributed by atoms with van der Waals surface area (Å²) in [5, 5.41) is 3.56. The Morgan fingerprint density at radius 2 is 1.62 bits per heavy atom. The second-order valence-corrected chi connectivity index (χ2v) is 11.6. The Bertz CT molecular complexity index is 1230. The molecule has 1 N–H and O–H groups in total. The van der Waals surface area contributed by atoms with E-state index in [0.717, 1.165) is 33.8 Å². The number of rotatable bonds is 10. The molecule has 3 aromatic rings. The average Bonchev–Trinajstić information content (AvgIpc) is 2.80. The van der Waals surface area contributed by atoms with Crippen molar-refractivity contribution in [2.45, 2.75) is 37.0 Å². The second kappa shape index (κ2) is 11.8. The zero-order valence-corrected chi connectivity index (χ0v) is 21.9. The van der Waals surface area contributed by atoms with Gasteiger partial charge >= 0.3 is 0 Å². The maximum Gasteiger partial charge on any atom is 0.264 e. The molecule has 0 aromatic heterocycles. The Labute approximate surface area is 211 Å². The topological polar surface area (TPSA) is 66.5 Å². The number of nitrogens with one attached hydrogen (secondary N) is 1. The highest BCUT2D eigenvalue weighted by molar-refractivity contribution is 7.99. The Morgan fingerprint density at radius 3 is 2.26 bits per heavy atom. The number of thioether (sulfide) groups is 1. The summed E-state index contributed by atoms with van der Waals surface area (Å²) in [6, 6.07) is 19.7. The number of benzene rings is 3. The molecule has 34 heavy (non-hydrogen) atoms. The molecule has 0 aliphatic carbocycles. The van der Waals surface area contributed by atoms with Crippen LogP contribution in [-0.4, -0.2) is 33.2 Å². The van der Waals surface area contributed by atoms with E-state index in [1.165, 1.54) is 4.31 Å². The molecular formula is C26H29ClN2O3S2. The van der Waals surface area contributed by atoms with Crippen molar-refractivity contribution in [2.75, 3.05) is 23.1 Å². The standard InChI is InChI=1S/C26H29ClN2O3S2/c1-19-5-13-25(14-6-19)34(31,32)29(23-10-7-20(2)21(3)17-23)18-26(30)28-15-4-16-33-24-11-8-22(27)9-12-24/h5-14,17H,4,15-16,18H2,1-3H3,(H,28,30). The van der Waals surface area contributed by atoms with Crippen LogP contribution < -0.4 is 9.62 Å². The van der Waals surface area contributed by atoms with E-state index in [2.05, 4.69) is 5.32 Å². The van der Waals surface area contributed by atoms with Crippen LogP contribution in [-0.2, 0) is 14.8 Å². The molecule has 5 nitrogen and oxygen atoms in total. The van der Waals surface area contributed by atoms with Crippen LogP contribution >= 0.6 is 23.4 Å². The summed E-state index contributed by atoms with van der Waals surface area (Å²) in [5.74, 6) is 0.482. The van der Waals surface area contributed by atoms with Crippen LogP contribution in [0.15, 0.2) is 76.5 Å². The predicted octanol–water partition coefficient (Wildman–Crippen LogP) is 5.76. The zero-order chi connectivity index (χ0) is 24.7. The molecule has 0 unspecified atom stereocenters. The molecule has 0 radical (unpaired) electrons. The van der Waals surface area contributed by atoms with E-state index in [1.807, 2.05) is 51.1 Å². The minimum absolute atomic E-state index is 0.156. The predicted molar refractivity (Wildman–Crippen MR) is 141 cm³/mol. The van der Waals surface area contributed by atoms with Gasteiger partial charge in [0.05, 0.1) is 10.6 Å². The summed E-state index contributed by atoms with van der Waals surface area (Å²) < 4.78 is 28.1. The van der Waals surface area contributed by atoms with Gasteiger partial charge in [0.2, 0.25) is 5.91 Å². The monoisotopic (exact) mass is 516 g/mol. The zero-order valence-electron chi connectivity index (χ0n) is 19.5. The van der Waals surface area contributed by atoms with Crippen molar-refractivity contribution < 1.29 is 13.2 Å². The molecule has 0 saturated heterocycles. The van der Waals surface area contributed by atoms with Gasteiger partial charge < -0.3 is 5.32 Å². The molecule has 0 spiro atoms. The van der Waals surface area contributed by atoms with Crippen molar-refractivity contribution in [1.82, 2.24) is 5.32 Å². The number of halogens is 1. The Morgan fingerprint density at radius 1 is 0.941 bits per heavy atom. The fraction of sp³-hybridized carbons (Fsp3) is 0.269. The van der Waals surface area contributed by atoms with Crippen LogP contribution in [0.1, 0.15) is 23.1 Å². The highest BCUT2D eigenvalue weighted by atomic mass is 35.5. The van der Waals surface area contributed by atoms with E-state index in [0.29, 0.717) is 17.3 Å². The van der Waals surface area contributed by atoms with Crippen molar-refractivity contribution in [3.8, 4) is 0 Å². The summed E-state index contributed by atoms with van der Waals surface area (Å²) >= 11 is 7.59. The van der Waals surface area contributed by atoms with Crippen molar-refractivity contribution in [3.05, 3.63) is 88.4 Å². The fourth-order valence-electron chi connectivity index (χ4n) is 3.24. The number of hydrogen-bond donors (Lipinski definition) is 1. The van der Waals surface area contributed by atoms with Gasteiger partial charge in [-0.2, -0.15) is 0 Å². The van der Waals surface area contributed by atoms with Crippen LogP contribution in [0, 0.1) is 20.8 Å². The first-order chi connectivity index (χ1) is 16.2. The van der Waals surface area contributed by atoms with Gasteiger partial charge in [0.15, 0.2) is 0 Å². The van der Waals surface area contributed by atoms with E-state index in [-0.39, 0.29) is 17.3 Å². The van der Waals surface area contributed by atoms with Crippen LogP contribution in [0.25, 0.3) is 0 Å². The van der Waals surface area contributed by atoms with E-state index < -0.39 is 10.0 Å². The maximum atomic E-state index is 13.5. The van der Waals surface area contributed by atoms with Crippen molar-refractivity contribution in [3.63, 3.8) is 0 Å². The largest absolute Gasteiger partial charge is 0.354 e. The lowest BCUT2D eigenvalue weighted by molar-refractivity contribution is -0.119. The smallest absolute Gasteiger partial charge is 0.264 e. The minimum Gasteiger partial charge on any atom is -0.354 e. The van der Waals surface area contributed by atoms with Crippen LogP contribution in [0.3, 0.4) is 0 Å². The molecule has 3 aromatic carbocycles. The minimum atomic E-state index is -3.91. The van der Waals surface area contributed by atoms with Gasteiger partial charge in [-0.25, -0.2) is 8.42 Å². The number of aryl methyl sites for hydroxylation is 3. The maximum absolute atomic E-state index is 13.5. The fourth-order valence-corrected chi connectivity index (χ4v) is 5.63. The van der Waals surface area contributed by atoms with E-state index >= 15 is 0 Å². The number of carbonyl (C=O) groups is 1. The van der Waals surface area contributed by atoms with Crippen LogP contribution in [0.4, 0.5) is 5.69 Å². The molecule has 0 heterocycles. The first-order valence-corrected chi connectivity index (χ1v) is 13.8. The molecular weight excluding hydrogens is 488 g/mol. The summed E-state index contributed by atoms with van der Waals surface area (Å²) in [5.41, 5.74) is 3.45. The Kier molecular flexibility index (Phi) is 9.05. The van der Waals surface area contributed by atoms with Crippen LogP contribution in [0.2, 0.25) is 5.02 Å². The van der Waals surface area contributed by atoms with Crippen molar-refractivity contribution >= 4 is 45.0 Å².